The molecule has 0 amide bonds. The molecule has 19 heavy (non-hydrogen) atoms. The first-order chi connectivity index (χ1) is 9.15. The van der Waals surface area contributed by atoms with E-state index in [2.05, 4.69) is 36.3 Å². The summed E-state index contributed by atoms with van der Waals surface area (Å²) in [5.41, 5.74) is 0.967. The Bertz CT molecular complexity index is 475. The van der Waals surface area contributed by atoms with E-state index in [0.717, 1.165) is 31.0 Å². The Morgan fingerprint density at radius 2 is 2.21 bits per heavy atom. The van der Waals surface area contributed by atoms with Crippen LogP contribution in [0.4, 0.5) is 0 Å². The third kappa shape index (κ3) is 4.21. The van der Waals surface area contributed by atoms with Crippen LogP contribution in [-0.2, 0) is 13.1 Å². The van der Waals surface area contributed by atoms with Gasteiger partial charge in [0.1, 0.15) is 5.76 Å². The maximum atomic E-state index is 5.27. The highest BCUT2D eigenvalue weighted by molar-refractivity contribution is 5.08. The van der Waals surface area contributed by atoms with Crippen LogP contribution < -0.4 is 5.32 Å². The molecule has 2 aromatic rings. The Labute approximate surface area is 114 Å². The number of hydrogen-bond donors (Lipinski definition) is 1. The summed E-state index contributed by atoms with van der Waals surface area (Å²) in [4.78, 5) is 0. The standard InChI is InChI=1S/C14H22N4O/c1-11(2)14-9-13(17-19-14)10-15-12(3)5-8-18-7-4-6-16-18/h4,6-7,9,11-12,15H,5,8,10H2,1-3H3/t12-/m1/s1. The molecule has 2 heterocycles. The van der Waals surface area contributed by atoms with Crippen LogP contribution in [-0.4, -0.2) is 21.0 Å². The molecule has 0 aliphatic heterocycles. The molecule has 0 aromatic carbocycles. The van der Waals surface area contributed by atoms with Crippen molar-refractivity contribution in [3.8, 4) is 0 Å². The Balaban J connectivity index is 1.72. The lowest BCUT2D eigenvalue weighted by molar-refractivity contribution is 0.361. The molecule has 5 nitrogen and oxygen atoms in total. The van der Waals surface area contributed by atoms with Gasteiger partial charge in [0.15, 0.2) is 0 Å². The zero-order valence-corrected chi connectivity index (χ0v) is 11.8. The first-order valence-electron chi connectivity index (χ1n) is 6.81. The summed E-state index contributed by atoms with van der Waals surface area (Å²) in [6.07, 6.45) is 4.83. The van der Waals surface area contributed by atoms with E-state index in [-0.39, 0.29) is 0 Å². The van der Waals surface area contributed by atoms with Crippen molar-refractivity contribution in [3.05, 3.63) is 36.0 Å². The molecule has 2 aromatic heterocycles. The highest BCUT2D eigenvalue weighted by atomic mass is 16.5. The van der Waals surface area contributed by atoms with Gasteiger partial charge in [0.25, 0.3) is 0 Å². The van der Waals surface area contributed by atoms with Crippen LogP contribution in [0.15, 0.2) is 29.0 Å². The van der Waals surface area contributed by atoms with Crippen molar-refractivity contribution >= 4 is 0 Å². The van der Waals surface area contributed by atoms with Gasteiger partial charge in [-0.05, 0) is 19.4 Å². The van der Waals surface area contributed by atoms with Gasteiger partial charge in [-0.2, -0.15) is 5.10 Å². The zero-order valence-electron chi connectivity index (χ0n) is 11.8. The quantitative estimate of drug-likeness (QED) is 0.833. The molecule has 2 rings (SSSR count). The molecule has 0 spiro atoms. The number of nitrogens with one attached hydrogen (secondary N) is 1. The lowest BCUT2D eigenvalue weighted by Gasteiger charge is -2.12. The molecule has 1 atom stereocenters. The monoisotopic (exact) mass is 262 g/mol. The molecule has 0 fully saturated rings. The van der Waals surface area contributed by atoms with E-state index >= 15 is 0 Å². The van der Waals surface area contributed by atoms with Crippen molar-refractivity contribution < 1.29 is 4.52 Å². The average molecular weight is 262 g/mol. The molecular formula is C14H22N4O. The molecule has 0 saturated heterocycles. The van der Waals surface area contributed by atoms with E-state index in [1.54, 1.807) is 6.20 Å². The second-order valence-corrected chi connectivity index (χ2v) is 5.22. The molecule has 0 aliphatic rings. The number of aryl methyl sites for hydroxylation is 1. The van der Waals surface area contributed by atoms with Crippen molar-refractivity contribution in [2.45, 2.75) is 52.2 Å². The van der Waals surface area contributed by atoms with Crippen LogP contribution >= 0.6 is 0 Å². The van der Waals surface area contributed by atoms with Crippen LogP contribution in [0.5, 0.6) is 0 Å². The summed E-state index contributed by atoms with van der Waals surface area (Å²) >= 11 is 0. The lowest BCUT2D eigenvalue weighted by Crippen LogP contribution is -2.27. The van der Waals surface area contributed by atoms with E-state index in [9.17, 15) is 0 Å². The largest absolute Gasteiger partial charge is 0.361 e. The summed E-state index contributed by atoms with van der Waals surface area (Å²) in [6, 6.07) is 4.39. The first kappa shape index (κ1) is 13.8. The van der Waals surface area contributed by atoms with E-state index < -0.39 is 0 Å². The smallest absolute Gasteiger partial charge is 0.139 e. The van der Waals surface area contributed by atoms with Gasteiger partial charge < -0.3 is 9.84 Å². The van der Waals surface area contributed by atoms with Crippen LogP contribution in [0.25, 0.3) is 0 Å². The number of rotatable bonds is 7. The Hall–Kier alpha value is -1.62. The predicted octanol–water partition coefficient (Wildman–Crippen LogP) is 2.56. The Morgan fingerprint density at radius 1 is 1.37 bits per heavy atom. The summed E-state index contributed by atoms with van der Waals surface area (Å²) in [6.45, 7) is 8.05. The number of aromatic nitrogens is 3. The molecule has 0 aliphatic carbocycles. The van der Waals surface area contributed by atoms with Gasteiger partial charge in [-0.1, -0.05) is 19.0 Å². The highest BCUT2D eigenvalue weighted by Crippen LogP contribution is 2.14. The summed E-state index contributed by atoms with van der Waals surface area (Å²) < 4.78 is 7.22. The van der Waals surface area contributed by atoms with Crippen molar-refractivity contribution in [3.63, 3.8) is 0 Å². The average Bonchev–Trinajstić information content (AvgIpc) is 3.05. The van der Waals surface area contributed by atoms with Crippen molar-refractivity contribution in [2.75, 3.05) is 0 Å². The Morgan fingerprint density at radius 3 is 2.84 bits per heavy atom. The second-order valence-electron chi connectivity index (χ2n) is 5.22. The molecular weight excluding hydrogens is 240 g/mol. The van der Waals surface area contributed by atoms with Gasteiger partial charge in [0, 0.05) is 43.5 Å². The van der Waals surface area contributed by atoms with Crippen LogP contribution in [0.3, 0.4) is 0 Å². The van der Waals surface area contributed by atoms with E-state index in [4.69, 9.17) is 4.52 Å². The topological polar surface area (TPSA) is 55.9 Å². The molecule has 0 unspecified atom stereocenters. The fraction of sp³-hybridized carbons (Fsp3) is 0.571. The predicted molar refractivity (Wildman–Crippen MR) is 73.7 cm³/mol. The van der Waals surface area contributed by atoms with Gasteiger partial charge in [0.2, 0.25) is 0 Å². The highest BCUT2D eigenvalue weighted by Gasteiger charge is 2.09. The molecule has 5 heteroatoms. The zero-order chi connectivity index (χ0) is 13.7. The van der Waals surface area contributed by atoms with Gasteiger partial charge in [-0.3, -0.25) is 4.68 Å². The van der Waals surface area contributed by atoms with E-state index in [0.29, 0.717) is 12.0 Å². The van der Waals surface area contributed by atoms with Gasteiger partial charge in [-0.25, -0.2) is 0 Å². The second kappa shape index (κ2) is 6.52. The van der Waals surface area contributed by atoms with Crippen molar-refractivity contribution in [1.82, 2.24) is 20.3 Å². The minimum atomic E-state index is 0.387. The van der Waals surface area contributed by atoms with Crippen LogP contribution in [0.1, 0.15) is 44.6 Å². The SMILES string of the molecule is CC(C)c1cc(CN[C@H](C)CCn2cccn2)no1. The van der Waals surface area contributed by atoms with E-state index in [1.807, 2.05) is 23.0 Å². The lowest BCUT2D eigenvalue weighted by atomic mass is 10.1. The van der Waals surface area contributed by atoms with Crippen LogP contribution in [0.2, 0.25) is 0 Å². The normalized spacial score (nSPS) is 13.1. The van der Waals surface area contributed by atoms with Gasteiger partial charge in [-0.15, -0.1) is 0 Å². The maximum absolute atomic E-state index is 5.27. The molecule has 0 radical (unpaired) electrons. The van der Waals surface area contributed by atoms with E-state index in [1.165, 1.54) is 0 Å². The fourth-order valence-electron chi connectivity index (χ4n) is 1.82. The minimum Gasteiger partial charge on any atom is -0.361 e. The summed E-state index contributed by atoms with van der Waals surface area (Å²) in [5.74, 6) is 1.33. The fourth-order valence-corrected chi connectivity index (χ4v) is 1.82. The van der Waals surface area contributed by atoms with Crippen molar-refractivity contribution in [1.29, 1.82) is 0 Å². The molecule has 0 bridgehead atoms. The van der Waals surface area contributed by atoms with Gasteiger partial charge >= 0.3 is 0 Å². The molecule has 104 valence electrons. The summed E-state index contributed by atoms with van der Waals surface area (Å²) in [5, 5.41) is 11.7. The Kier molecular flexibility index (Phi) is 4.74. The van der Waals surface area contributed by atoms with Gasteiger partial charge in [0.05, 0.1) is 5.69 Å². The summed E-state index contributed by atoms with van der Waals surface area (Å²) in [7, 11) is 0. The maximum Gasteiger partial charge on any atom is 0.139 e. The van der Waals surface area contributed by atoms with Crippen molar-refractivity contribution in [2.24, 2.45) is 0 Å². The van der Waals surface area contributed by atoms with Crippen LogP contribution in [0, 0.1) is 0 Å². The third-order valence-corrected chi connectivity index (χ3v) is 3.13. The molecule has 0 saturated carbocycles. The number of nitrogens with zero attached hydrogens (tertiary/aromatic N) is 3. The number of hydrogen-bond acceptors (Lipinski definition) is 4. The minimum absolute atomic E-state index is 0.387. The molecule has 1 N–H and O–H groups in total. The third-order valence-electron chi connectivity index (χ3n) is 3.13. The first-order valence-corrected chi connectivity index (χ1v) is 6.81.